The van der Waals surface area contributed by atoms with Gasteiger partial charge in [-0.15, -0.1) is 0 Å². The first-order chi connectivity index (χ1) is 10.2. The van der Waals surface area contributed by atoms with Crippen molar-refractivity contribution in [2.45, 2.75) is 38.4 Å². The molecule has 0 spiro atoms. The minimum atomic E-state index is 0.334. The van der Waals surface area contributed by atoms with Gasteiger partial charge in [0.15, 0.2) is 5.16 Å². The van der Waals surface area contributed by atoms with Gasteiger partial charge in [-0.05, 0) is 43.5 Å². The second-order valence-electron chi connectivity index (χ2n) is 5.22. The molecule has 2 rings (SSSR count). The van der Waals surface area contributed by atoms with E-state index in [2.05, 4.69) is 53.4 Å². The second kappa shape index (κ2) is 8.15. The minimum absolute atomic E-state index is 0.334. The molecule has 1 atom stereocenters. The number of aromatic nitrogens is 2. The van der Waals surface area contributed by atoms with Crippen LogP contribution in [0.25, 0.3) is 0 Å². The summed E-state index contributed by atoms with van der Waals surface area (Å²) in [5.74, 6) is 0.938. The molecule has 3 nitrogen and oxygen atoms in total. The first-order valence-electron chi connectivity index (χ1n) is 7.41. The van der Waals surface area contributed by atoms with Crippen LogP contribution in [0.15, 0.2) is 41.8 Å². The molecule has 1 aromatic carbocycles. The third-order valence-electron chi connectivity index (χ3n) is 3.34. The number of aryl methyl sites for hydroxylation is 2. The highest BCUT2D eigenvalue weighted by molar-refractivity contribution is 7.99. The van der Waals surface area contributed by atoms with Crippen molar-refractivity contribution >= 4 is 11.8 Å². The number of hydrogen-bond acceptors (Lipinski definition) is 4. The highest BCUT2D eigenvalue weighted by Gasteiger charge is 2.13. The van der Waals surface area contributed by atoms with Crippen LogP contribution in [0.1, 0.15) is 36.1 Å². The standard InChI is InChI=1S/C17H23N3S/c1-4-9-18-16(15-8-6-5-7-14(15)3)12-21-17-19-10-13(2)11-20-17/h5-8,10-11,16,18H,4,9,12H2,1-3H3. The highest BCUT2D eigenvalue weighted by atomic mass is 32.2. The predicted octanol–water partition coefficient (Wildman–Crippen LogP) is 3.93. The maximum atomic E-state index is 4.37. The lowest BCUT2D eigenvalue weighted by molar-refractivity contribution is 0.574. The number of hydrogen-bond donors (Lipinski definition) is 1. The van der Waals surface area contributed by atoms with Crippen LogP contribution < -0.4 is 5.32 Å². The van der Waals surface area contributed by atoms with Gasteiger partial charge in [0.2, 0.25) is 0 Å². The average molecular weight is 301 g/mol. The lowest BCUT2D eigenvalue weighted by Crippen LogP contribution is -2.24. The molecule has 0 aliphatic heterocycles. The summed E-state index contributed by atoms with van der Waals surface area (Å²) in [7, 11) is 0. The van der Waals surface area contributed by atoms with Crippen molar-refractivity contribution in [3.8, 4) is 0 Å². The maximum absolute atomic E-state index is 4.37. The molecule has 4 heteroatoms. The van der Waals surface area contributed by atoms with Crippen molar-refractivity contribution in [2.24, 2.45) is 0 Å². The van der Waals surface area contributed by atoms with E-state index in [-0.39, 0.29) is 0 Å². The molecule has 0 fully saturated rings. The maximum Gasteiger partial charge on any atom is 0.187 e. The lowest BCUT2D eigenvalue weighted by atomic mass is 10.0. The van der Waals surface area contributed by atoms with Crippen LogP contribution in [-0.2, 0) is 0 Å². The third-order valence-corrected chi connectivity index (χ3v) is 4.31. The van der Waals surface area contributed by atoms with E-state index >= 15 is 0 Å². The zero-order valence-electron chi connectivity index (χ0n) is 13.0. The molecule has 0 aliphatic carbocycles. The van der Waals surface area contributed by atoms with E-state index in [9.17, 15) is 0 Å². The van der Waals surface area contributed by atoms with Gasteiger partial charge in [-0.25, -0.2) is 9.97 Å². The van der Waals surface area contributed by atoms with Gasteiger partial charge < -0.3 is 5.32 Å². The Hall–Kier alpha value is -1.39. The summed E-state index contributed by atoms with van der Waals surface area (Å²) < 4.78 is 0. The quantitative estimate of drug-likeness (QED) is 0.621. The van der Waals surface area contributed by atoms with Crippen LogP contribution in [-0.4, -0.2) is 22.3 Å². The van der Waals surface area contributed by atoms with E-state index < -0.39 is 0 Å². The monoisotopic (exact) mass is 301 g/mol. The first kappa shape index (κ1) is 16.0. The van der Waals surface area contributed by atoms with Crippen LogP contribution in [0.5, 0.6) is 0 Å². The van der Waals surface area contributed by atoms with E-state index in [1.807, 2.05) is 19.3 Å². The van der Waals surface area contributed by atoms with Gasteiger partial charge in [0.05, 0.1) is 0 Å². The molecular weight excluding hydrogens is 278 g/mol. The van der Waals surface area contributed by atoms with Crippen LogP contribution >= 0.6 is 11.8 Å². The lowest BCUT2D eigenvalue weighted by Gasteiger charge is -2.20. The number of rotatable bonds is 7. The Morgan fingerprint density at radius 2 is 1.86 bits per heavy atom. The molecule has 21 heavy (non-hydrogen) atoms. The molecule has 112 valence electrons. The molecule has 0 aliphatic rings. The van der Waals surface area contributed by atoms with Crippen molar-refractivity contribution < 1.29 is 0 Å². The molecule has 0 radical (unpaired) electrons. The fraction of sp³-hybridized carbons (Fsp3) is 0.412. The fourth-order valence-corrected chi connectivity index (χ4v) is 3.04. The SMILES string of the molecule is CCCNC(CSc1ncc(C)cn1)c1ccccc1C. The smallest absolute Gasteiger partial charge is 0.187 e. The van der Waals surface area contributed by atoms with Crippen molar-refractivity contribution in [3.05, 3.63) is 53.3 Å². The molecule has 2 aromatic rings. The zero-order valence-corrected chi connectivity index (χ0v) is 13.8. The summed E-state index contributed by atoms with van der Waals surface area (Å²) in [6, 6.07) is 8.91. The zero-order chi connectivity index (χ0) is 15.1. The van der Waals surface area contributed by atoms with Crippen LogP contribution in [0, 0.1) is 13.8 Å². The fourth-order valence-electron chi connectivity index (χ4n) is 2.17. The molecule has 1 heterocycles. The van der Waals surface area contributed by atoms with Crippen molar-refractivity contribution in [2.75, 3.05) is 12.3 Å². The Morgan fingerprint density at radius 3 is 2.52 bits per heavy atom. The minimum Gasteiger partial charge on any atom is -0.309 e. The number of thioether (sulfide) groups is 1. The molecule has 0 bridgehead atoms. The van der Waals surface area contributed by atoms with E-state index in [4.69, 9.17) is 0 Å². The Kier molecular flexibility index (Phi) is 6.21. The molecule has 1 N–H and O–H groups in total. The normalized spacial score (nSPS) is 12.3. The Morgan fingerprint density at radius 1 is 1.14 bits per heavy atom. The molecular formula is C17H23N3S. The molecule has 1 aromatic heterocycles. The molecule has 0 amide bonds. The summed E-state index contributed by atoms with van der Waals surface area (Å²) in [5, 5.41) is 4.48. The van der Waals surface area contributed by atoms with E-state index in [0.717, 1.165) is 29.4 Å². The topological polar surface area (TPSA) is 37.8 Å². The third kappa shape index (κ3) is 4.83. The summed E-state index contributed by atoms with van der Waals surface area (Å²) in [5.41, 5.74) is 3.79. The highest BCUT2D eigenvalue weighted by Crippen LogP contribution is 2.24. The number of benzene rings is 1. The number of nitrogens with zero attached hydrogens (tertiary/aromatic N) is 2. The Labute approximate surface area is 131 Å². The van der Waals surface area contributed by atoms with Gasteiger partial charge in [0.1, 0.15) is 0 Å². The second-order valence-corrected chi connectivity index (χ2v) is 6.20. The predicted molar refractivity (Wildman–Crippen MR) is 89.7 cm³/mol. The van der Waals surface area contributed by atoms with Crippen molar-refractivity contribution in [1.82, 2.24) is 15.3 Å². The van der Waals surface area contributed by atoms with E-state index in [1.165, 1.54) is 11.1 Å². The molecule has 0 saturated carbocycles. The van der Waals surface area contributed by atoms with Gasteiger partial charge >= 0.3 is 0 Å². The Bertz CT molecular complexity index is 554. The summed E-state index contributed by atoms with van der Waals surface area (Å²) in [6.45, 7) is 7.39. The van der Waals surface area contributed by atoms with Gasteiger partial charge in [0, 0.05) is 24.2 Å². The molecule has 1 unspecified atom stereocenters. The van der Waals surface area contributed by atoms with Crippen LogP contribution in [0.2, 0.25) is 0 Å². The summed E-state index contributed by atoms with van der Waals surface area (Å²) in [6.07, 6.45) is 4.88. The van der Waals surface area contributed by atoms with E-state index in [0.29, 0.717) is 6.04 Å². The van der Waals surface area contributed by atoms with Gasteiger partial charge in [-0.3, -0.25) is 0 Å². The Balaban J connectivity index is 2.06. The summed E-state index contributed by atoms with van der Waals surface area (Å²) in [4.78, 5) is 8.74. The first-order valence-corrected chi connectivity index (χ1v) is 8.39. The largest absolute Gasteiger partial charge is 0.309 e. The van der Waals surface area contributed by atoms with Crippen molar-refractivity contribution in [3.63, 3.8) is 0 Å². The average Bonchev–Trinajstić information content (AvgIpc) is 2.50. The van der Waals surface area contributed by atoms with Gasteiger partial charge in [0.25, 0.3) is 0 Å². The van der Waals surface area contributed by atoms with Gasteiger partial charge in [-0.2, -0.15) is 0 Å². The summed E-state index contributed by atoms with van der Waals surface area (Å²) >= 11 is 1.71. The van der Waals surface area contributed by atoms with Crippen molar-refractivity contribution in [1.29, 1.82) is 0 Å². The van der Waals surface area contributed by atoms with E-state index in [1.54, 1.807) is 11.8 Å². The van der Waals surface area contributed by atoms with Gasteiger partial charge in [-0.1, -0.05) is 43.0 Å². The molecule has 0 saturated heterocycles. The number of nitrogens with one attached hydrogen (secondary N) is 1. The van der Waals surface area contributed by atoms with Crippen LogP contribution in [0.4, 0.5) is 0 Å². The van der Waals surface area contributed by atoms with Crippen LogP contribution in [0.3, 0.4) is 0 Å².